The zero-order valence-corrected chi connectivity index (χ0v) is 21.7. The Balaban J connectivity index is 0.00000304. The first-order valence-electron chi connectivity index (χ1n) is 12.0. The number of carbonyl (C=O) groups is 1. The number of aryl methyl sites for hydroxylation is 1. The first-order valence-corrected chi connectivity index (χ1v) is 12.0. The number of aromatic nitrogens is 4. The van der Waals surface area contributed by atoms with E-state index in [0.717, 1.165) is 49.3 Å². The average molecular weight is 545 g/mol. The Morgan fingerprint density at radius 2 is 1.72 bits per heavy atom. The van der Waals surface area contributed by atoms with Gasteiger partial charge < -0.3 is 10.2 Å². The molecule has 184 valence electrons. The van der Waals surface area contributed by atoms with E-state index < -0.39 is 0 Å². The van der Waals surface area contributed by atoms with Crippen molar-refractivity contribution in [3.8, 4) is 0 Å². The summed E-state index contributed by atoms with van der Waals surface area (Å²) in [4.78, 5) is 32.9. The standard InChI is InChI=1S/C28H28N6O.BrH/c35-28(25-19-29-15-16-32-25)34(26-8-3-5-23-6-4-14-33-27(23)26)20-22-11-9-21(10-12-22)17-30-18-24-7-1-2-13-31-24;/h1-2,4,6-7,9-16,19,26,30H,3,5,8,17-18,20H2;1H. The van der Waals surface area contributed by atoms with Gasteiger partial charge in [-0.2, -0.15) is 0 Å². The molecule has 3 aromatic heterocycles. The van der Waals surface area contributed by atoms with Crippen LogP contribution in [-0.2, 0) is 26.1 Å². The predicted octanol–water partition coefficient (Wildman–Crippen LogP) is 4.85. The van der Waals surface area contributed by atoms with Crippen LogP contribution < -0.4 is 5.32 Å². The van der Waals surface area contributed by atoms with E-state index in [1.807, 2.05) is 35.4 Å². The fraction of sp³-hybridized carbons (Fsp3) is 0.250. The monoisotopic (exact) mass is 544 g/mol. The first kappa shape index (κ1) is 25.6. The molecule has 1 aliphatic carbocycles. The van der Waals surface area contributed by atoms with Crippen LogP contribution in [0.3, 0.4) is 0 Å². The van der Waals surface area contributed by atoms with Crippen LogP contribution in [0.4, 0.5) is 0 Å². The number of benzene rings is 1. The average Bonchev–Trinajstić information content (AvgIpc) is 2.93. The van der Waals surface area contributed by atoms with Crippen molar-refractivity contribution >= 4 is 22.9 Å². The van der Waals surface area contributed by atoms with Crippen molar-refractivity contribution in [1.29, 1.82) is 0 Å². The Hall–Kier alpha value is -3.49. The molecule has 7 nitrogen and oxygen atoms in total. The molecule has 5 rings (SSSR count). The number of hydrogen-bond donors (Lipinski definition) is 1. The normalized spacial score (nSPS) is 14.4. The molecular formula is C28H29BrN6O. The molecule has 1 atom stereocenters. The van der Waals surface area contributed by atoms with Crippen molar-refractivity contribution in [3.05, 3.63) is 119 Å². The van der Waals surface area contributed by atoms with Gasteiger partial charge in [0.05, 0.1) is 23.6 Å². The number of rotatable bonds is 8. The van der Waals surface area contributed by atoms with E-state index in [9.17, 15) is 4.79 Å². The Kier molecular flexibility index (Phi) is 8.86. The van der Waals surface area contributed by atoms with Crippen molar-refractivity contribution in [1.82, 2.24) is 30.2 Å². The number of pyridine rings is 2. The SMILES string of the molecule is Br.O=C(c1cnccn1)N(Cc1ccc(CNCc2ccccn2)cc1)C1CCCc2cccnc21. The van der Waals surface area contributed by atoms with Crippen LogP contribution in [0.2, 0.25) is 0 Å². The quantitative estimate of drug-likeness (QED) is 0.341. The maximum atomic E-state index is 13.6. The van der Waals surface area contributed by atoms with E-state index >= 15 is 0 Å². The van der Waals surface area contributed by atoms with Gasteiger partial charge in [0.25, 0.3) is 5.91 Å². The lowest BCUT2D eigenvalue weighted by Crippen LogP contribution is -2.37. The zero-order valence-electron chi connectivity index (χ0n) is 20.0. The molecule has 1 N–H and O–H groups in total. The molecule has 3 heterocycles. The van der Waals surface area contributed by atoms with Gasteiger partial charge in [-0.15, -0.1) is 17.0 Å². The Morgan fingerprint density at radius 1 is 0.889 bits per heavy atom. The van der Waals surface area contributed by atoms with E-state index in [4.69, 9.17) is 0 Å². The van der Waals surface area contributed by atoms with Crippen LogP contribution in [0.15, 0.2) is 85.6 Å². The summed E-state index contributed by atoms with van der Waals surface area (Å²) in [5.74, 6) is -0.122. The molecule has 0 radical (unpaired) electrons. The van der Waals surface area contributed by atoms with Crippen LogP contribution in [0.1, 0.15) is 57.5 Å². The lowest BCUT2D eigenvalue weighted by Gasteiger charge is -2.35. The van der Waals surface area contributed by atoms with Crippen molar-refractivity contribution in [2.45, 2.75) is 44.9 Å². The highest BCUT2D eigenvalue weighted by molar-refractivity contribution is 8.93. The van der Waals surface area contributed by atoms with Crippen LogP contribution in [-0.4, -0.2) is 30.7 Å². The minimum atomic E-state index is -0.122. The topological polar surface area (TPSA) is 83.9 Å². The maximum absolute atomic E-state index is 13.6. The lowest BCUT2D eigenvalue weighted by molar-refractivity contribution is 0.0626. The summed E-state index contributed by atoms with van der Waals surface area (Å²) in [7, 11) is 0. The van der Waals surface area contributed by atoms with E-state index in [1.165, 1.54) is 17.3 Å². The zero-order chi connectivity index (χ0) is 23.9. The van der Waals surface area contributed by atoms with Gasteiger partial charge in [-0.05, 0) is 54.2 Å². The summed E-state index contributed by atoms with van der Waals surface area (Å²) >= 11 is 0. The van der Waals surface area contributed by atoms with Crippen LogP contribution in [0.25, 0.3) is 0 Å². The summed E-state index contributed by atoms with van der Waals surface area (Å²) in [5, 5.41) is 3.43. The number of fused-ring (bicyclic) bond motifs is 1. The van der Waals surface area contributed by atoms with Crippen molar-refractivity contribution in [2.24, 2.45) is 0 Å². The fourth-order valence-electron chi connectivity index (χ4n) is 4.57. The van der Waals surface area contributed by atoms with Gasteiger partial charge >= 0.3 is 0 Å². The molecular weight excluding hydrogens is 516 g/mol. The highest BCUT2D eigenvalue weighted by atomic mass is 79.9. The largest absolute Gasteiger partial charge is 0.324 e. The van der Waals surface area contributed by atoms with Crippen molar-refractivity contribution in [2.75, 3.05) is 0 Å². The second-order valence-electron chi connectivity index (χ2n) is 8.72. The molecule has 4 aromatic rings. The van der Waals surface area contributed by atoms with E-state index in [0.29, 0.717) is 12.2 Å². The van der Waals surface area contributed by atoms with Crippen molar-refractivity contribution in [3.63, 3.8) is 0 Å². The molecule has 0 spiro atoms. The number of nitrogens with one attached hydrogen (secondary N) is 1. The maximum Gasteiger partial charge on any atom is 0.274 e. The van der Waals surface area contributed by atoms with E-state index in [1.54, 1.807) is 18.6 Å². The van der Waals surface area contributed by atoms with Gasteiger partial charge in [-0.25, -0.2) is 4.98 Å². The number of nitrogens with zero attached hydrogens (tertiary/aromatic N) is 5. The van der Waals surface area contributed by atoms with Crippen LogP contribution in [0.5, 0.6) is 0 Å². The van der Waals surface area contributed by atoms with Gasteiger partial charge in [0, 0.05) is 44.4 Å². The molecule has 1 aromatic carbocycles. The minimum absolute atomic E-state index is 0. The summed E-state index contributed by atoms with van der Waals surface area (Å²) in [5.41, 5.74) is 5.83. The van der Waals surface area contributed by atoms with Crippen LogP contribution in [0, 0.1) is 0 Å². The molecule has 1 aliphatic rings. The summed E-state index contributed by atoms with van der Waals surface area (Å²) in [6.45, 7) is 1.95. The number of carbonyl (C=O) groups excluding carboxylic acids is 1. The van der Waals surface area contributed by atoms with Gasteiger partial charge in [0.2, 0.25) is 0 Å². The number of hydrogen-bond acceptors (Lipinski definition) is 6. The van der Waals surface area contributed by atoms with E-state index in [2.05, 4.69) is 55.6 Å². The minimum Gasteiger partial charge on any atom is -0.324 e. The predicted molar refractivity (Wildman–Crippen MR) is 143 cm³/mol. The van der Waals surface area contributed by atoms with Gasteiger partial charge in [-0.1, -0.05) is 36.4 Å². The molecule has 0 saturated carbocycles. The second-order valence-corrected chi connectivity index (χ2v) is 8.72. The van der Waals surface area contributed by atoms with Crippen LogP contribution >= 0.6 is 17.0 Å². The third-order valence-corrected chi connectivity index (χ3v) is 6.32. The third-order valence-electron chi connectivity index (χ3n) is 6.32. The second kappa shape index (κ2) is 12.5. The lowest BCUT2D eigenvalue weighted by atomic mass is 9.90. The van der Waals surface area contributed by atoms with E-state index in [-0.39, 0.29) is 28.9 Å². The molecule has 8 heteroatoms. The number of halogens is 1. The smallest absolute Gasteiger partial charge is 0.274 e. The van der Waals surface area contributed by atoms with Gasteiger partial charge in [0.15, 0.2) is 0 Å². The summed E-state index contributed by atoms with van der Waals surface area (Å²) in [6, 6.07) is 18.3. The highest BCUT2D eigenvalue weighted by Crippen LogP contribution is 2.34. The Bertz CT molecular complexity index is 1250. The molecule has 36 heavy (non-hydrogen) atoms. The molecule has 0 fully saturated rings. The molecule has 1 unspecified atom stereocenters. The van der Waals surface area contributed by atoms with Crippen molar-refractivity contribution < 1.29 is 4.79 Å². The first-order chi connectivity index (χ1) is 17.3. The summed E-state index contributed by atoms with van der Waals surface area (Å²) < 4.78 is 0. The Labute approximate surface area is 221 Å². The molecule has 0 bridgehead atoms. The molecule has 0 saturated heterocycles. The van der Waals surface area contributed by atoms with Gasteiger partial charge in [-0.3, -0.25) is 19.7 Å². The third kappa shape index (κ3) is 6.19. The molecule has 0 aliphatic heterocycles. The molecule has 1 amide bonds. The fourth-order valence-corrected chi connectivity index (χ4v) is 4.57. The summed E-state index contributed by atoms with van der Waals surface area (Å²) in [6.07, 6.45) is 11.2. The van der Waals surface area contributed by atoms with Gasteiger partial charge in [0.1, 0.15) is 5.69 Å². The Morgan fingerprint density at radius 3 is 2.50 bits per heavy atom. The number of amides is 1. The highest BCUT2D eigenvalue weighted by Gasteiger charge is 2.31.